The first kappa shape index (κ1) is 13.5. The van der Waals surface area contributed by atoms with E-state index < -0.39 is 5.54 Å². The van der Waals surface area contributed by atoms with Gasteiger partial charge in [0.1, 0.15) is 5.82 Å². The number of halogens is 1. The summed E-state index contributed by atoms with van der Waals surface area (Å²) in [7, 11) is 0. The largest absolute Gasteiger partial charge is 0.394 e. The van der Waals surface area contributed by atoms with Crippen LogP contribution in [-0.4, -0.2) is 35.0 Å². The Balaban J connectivity index is 1.85. The fourth-order valence-corrected chi connectivity index (χ4v) is 2.38. The SMILES string of the molecule is CC(CO)(CO)NC1CC(c2ccc(F)cc2)C1. The van der Waals surface area contributed by atoms with Gasteiger partial charge in [0.15, 0.2) is 0 Å². The zero-order chi connectivity index (χ0) is 13.2. The van der Waals surface area contributed by atoms with Crippen molar-refractivity contribution in [2.75, 3.05) is 13.2 Å². The van der Waals surface area contributed by atoms with Crippen LogP contribution in [0.5, 0.6) is 0 Å². The minimum atomic E-state index is -0.613. The van der Waals surface area contributed by atoms with Crippen molar-refractivity contribution >= 4 is 0 Å². The third-order valence-electron chi connectivity index (χ3n) is 3.73. The molecule has 0 atom stereocenters. The average molecular weight is 253 g/mol. The Morgan fingerprint density at radius 2 is 1.78 bits per heavy atom. The molecule has 0 aromatic heterocycles. The van der Waals surface area contributed by atoms with Crippen molar-refractivity contribution < 1.29 is 14.6 Å². The minimum Gasteiger partial charge on any atom is -0.394 e. The predicted octanol–water partition coefficient (Wildman–Crippen LogP) is 1.40. The number of hydrogen-bond acceptors (Lipinski definition) is 3. The van der Waals surface area contributed by atoms with Gasteiger partial charge in [-0.05, 0) is 43.4 Å². The van der Waals surface area contributed by atoms with Crippen molar-refractivity contribution in [1.82, 2.24) is 5.32 Å². The van der Waals surface area contributed by atoms with Gasteiger partial charge in [0.25, 0.3) is 0 Å². The summed E-state index contributed by atoms with van der Waals surface area (Å²) < 4.78 is 12.8. The lowest BCUT2D eigenvalue weighted by Gasteiger charge is -2.41. The van der Waals surface area contributed by atoms with Crippen LogP contribution in [0.4, 0.5) is 4.39 Å². The van der Waals surface area contributed by atoms with Crippen LogP contribution in [0.1, 0.15) is 31.2 Å². The molecular weight excluding hydrogens is 233 g/mol. The van der Waals surface area contributed by atoms with Gasteiger partial charge in [0.05, 0.1) is 18.8 Å². The lowest BCUT2D eigenvalue weighted by Crippen LogP contribution is -2.56. The topological polar surface area (TPSA) is 52.5 Å². The van der Waals surface area contributed by atoms with Crippen LogP contribution < -0.4 is 5.32 Å². The monoisotopic (exact) mass is 253 g/mol. The Bertz CT molecular complexity index is 383. The van der Waals surface area contributed by atoms with Crippen LogP contribution >= 0.6 is 0 Å². The summed E-state index contributed by atoms with van der Waals surface area (Å²) in [6, 6.07) is 6.94. The number of nitrogens with one attached hydrogen (secondary N) is 1. The van der Waals surface area contributed by atoms with E-state index in [2.05, 4.69) is 5.32 Å². The third kappa shape index (κ3) is 2.88. The number of aliphatic hydroxyl groups is 2. The summed E-state index contributed by atoms with van der Waals surface area (Å²) in [5, 5.41) is 21.7. The summed E-state index contributed by atoms with van der Waals surface area (Å²) in [5.41, 5.74) is 0.544. The lowest BCUT2D eigenvalue weighted by molar-refractivity contribution is 0.0780. The zero-order valence-electron chi connectivity index (χ0n) is 10.6. The van der Waals surface area contributed by atoms with Gasteiger partial charge in [0, 0.05) is 6.04 Å². The average Bonchev–Trinajstić information content (AvgIpc) is 2.34. The molecular formula is C14H20FNO2. The molecule has 0 amide bonds. The third-order valence-corrected chi connectivity index (χ3v) is 3.73. The molecule has 4 heteroatoms. The van der Waals surface area contributed by atoms with Crippen LogP contribution in [0.15, 0.2) is 24.3 Å². The van der Waals surface area contributed by atoms with Gasteiger partial charge < -0.3 is 15.5 Å². The highest BCUT2D eigenvalue weighted by Crippen LogP contribution is 2.37. The van der Waals surface area contributed by atoms with Crippen LogP contribution in [0.3, 0.4) is 0 Å². The van der Waals surface area contributed by atoms with Crippen LogP contribution in [0.2, 0.25) is 0 Å². The molecule has 18 heavy (non-hydrogen) atoms. The highest BCUT2D eigenvalue weighted by atomic mass is 19.1. The van der Waals surface area contributed by atoms with Crippen molar-refractivity contribution in [3.05, 3.63) is 35.6 Å². The molecule has 1 aromatic rings. The molecule has 1 saturated carbocycles. The molecule has 0 saturated heterocycles. The quantitative estimate of drug-likeness (QED) is 0.743. The maximum Gasteiger partial charge on any atom is 0.123 e. The maximum atomic E-state index is 12.8. The standard InChI is InChI=1S/C14H20FNO2/c1-14(8-17,9-18)16-13-6-11(7-13)10-2-4-12(15)5-3-10/h2-5,11,13,16-18H,6-9H2,1H3. The Morgan fingerprint density at radius 1 is 1.22 bits per heavy atom. The summed E-state index contributed by atoms with van der Waals surface area (Å²) in [6.45, 7) is 1.64. The van der Waals surface area contributed by atoms with Crippen LogP contribution in [0.25, 0.3) is 0 Å². The van der Waals surface area contributed by atoms with E-state index in [9.17, 15) is 14.6 Å². The van der Waals surface area contributed by atoms with Gasteiger partial charge in [-0.25, -0.2) is 4.39 Å². The number of rotatable bonds is 5. The second-order valence-corrected chi connectivity index (χ2v) is 5.44. The molecule has 0 spiro atoms. The van der Waals surface area contributed by atoms with Crippen molar-refractivity contribution in [1.29, 1.82) is 0 Å². The molecule has 1 aliphatic carbocycles. The molecule has 0 radical (unpaired) electrons. The Labute approximate surface area is 107 Å². The zero-order valence-corrected chi connectivity index (χ0v) is 10.6. The smallest absolute Gasteiger partial charge is 0.123 e. The summed E-state index contributed by atoms with van der Waals surface area (Å²) in [6.07, 6.45) is 1.92. The molecule has 2 rings (SSSR count). The normalized spacial score (nSPS) is 23.8. The van der Waals surface area contributed by atoms with E-state index in [1.807, 2.05) is 12.1 Å². The molecule has 0 bridgehead atoms. The van der Waals surface area contributed by atoms with Crippen molar-refractivity contribution in [2.24, 2.45) is 0 Å². The van der Waals surface area contributed by atoms with E-state index >= 15 is 0 Å². The second-order valence-electron chi connectivity index (χ2n) is 5.44. The molecule has 1 fully saturated rings. The molecule has 1 aliphatic rings. The Morgan fingerprint density at radius 3 is 2.28 bits per heavy atom. The van der Waals surface area contributed by atoms with Gasteiger partial charge in [0.2, 0.25) is 0 Å². The number of hydrogen-bond donors (Lipinski definition) is 3. The van der Waals surface area contributed by atoms with Crippen LogP contribution in [0, 0.1) is 5.82 Å². The lowest BCUT2D eigenvalue weighted by atomic mass is 9.75. The fourth-order valence-electron chi connectivity index (χ4n) is 2.38. The van der Waals surface area contributed by atoms with E-state index in [0.29, 0.717) is 12.0 Å². The van der Waals surface area contributed by atoms with Crippen molar-refractivity contribution in [2.45, 2.75) is 37.3 Å². The van der Waals surface area contributed by atoms with Gasteiger partial charge >= 0.3 is 0 Å². The second kappa shape index (κ2) is 5.34. The van der Waals surface area contributed by atoms with E-state index in [4.69, 9.17) is 0 Å². The van der Waals surface area contributed by atoms with Gasteiger partial charge in [-0.2, -0.15) is 0 Å². The molecule has 3 N–H and O–H groups in total. The van der Waals surface area contributed by atoms with E-state index in [1.165, 1.54) is 12.1 Å². The van der Waals surface area contributed by atoms with Crippen molar-refractivity contribution in [3.63, 3.8) is 0 Å². The van der Waals surface area contributed by atoms with Crippen molar-refractivity contribution in [3.8, 4) is 0 Å². The highest BCUT2D eigenvalue weighted by Gasteiger charge is 2.35. The van der Waals surface area contributed by atoms with E-state index in [0.717, 1.165) is 18.4 Å². The minimum absolute atomic E-state index is 0.0821. The highest BCUT2D eigenvalue weighted by molar-refractivity contribution is 5.23. The van der Waals surface area contributed by atoms with E-state index in [1.54, 1.807) is 6.92 Å². The van der Waals surface area contributed by atoms with Gasteiger partial charge in [-0.3, -0.25) is 0 Å². The molecule has 0 heterocycles. The Kier molecular flexibility index (Phi) is 4.00. The summed E-state index contributed by atoms with van der Waals surface area (Å²) >= 11 is 0. The molecule has 3 nitrogen and oxygen atoms in total. The predicted molar refractivity (Wildman–Crippen MR) is 67.9 cm³/mol. The molecule has 0 aliphatic heterocycles. The van der Waals surface area contributed by atoms with Gasteiger partial charge in [-0.15, -0.1) is 0 Å². The molecule has 0 unspecified atom stereocenters. The van der Waals surface area contributed by atoms with Crippen LogP contribution in [-0.2, 0) is 0 Å². The maximum absolute atomic E-state index is 12.8. The first-order chi connectivity index (χ1) is 8.56. The fraction of sp³-hybridized carbons (Fsp3) is 0.571. The molecule has 100 valence electrons. The molecule has 1 aromatic carbocycles. The van der Waals surface area contributed by atoms with Gasteiger partial charge in [-0.1, -0.05) is 12.1 Å². The van der Waals surface area contributed by atoms with E-state index in [-0.39, 0.29) is 19.0 Å². The first-order valence-corrected chi connectivity index (χ1v) is 6.31. The number of aliphatic hydroxyl groups excluding tert-OH is 2. The summed E-state index contributed by atoms with van der Waals surface area (Å²) in [5.74, 6) is 0.241. The first-order valence-electron chi connectivity index (χ1n) is 6.31. The Hall–Kier alpha value is -0.970. The number of benzene rings is 1. The summed E-state index contributed by atoms with van der Waals surface area (Å²) in [4.78, 5) is 0.